The van der Waals surface area contributed by atoms with E-state index in [1.54, 1.807) is 0 Å². The van der Waals surface area contributed by atoms with E-state index in [0.717, 1.165) is 38.2 Å². The Balaban J connectivity index is 1.60. The zero-order valence-electron chi connectivity index (χ0n) is 14.7. The summed E-state index contributed by atoms with van der Waals surface area (Å²) < 4.78 is 6.04. The normalized spacial score (nSPS) is 18.0. The first-order chi connectivity index (χ1) is 11.6. The molecule has 1 fully saturated rings. The lowest BCUT2D eigenvalue weighted by atomic mass is 9.96. The summed E-state index contributed by atoms with van der Waals surface area (Å²) in [6, 6.07) is 14.8. The average molecular weight is 325 g/mol. The van der Waals surface area contributed by atoms with Crippen LogP contribution in [-0.4, -0.2) is 42.4 Å². The number of aliphatic hydroxyl groups excluding tert-OH is 1. The monoisotopic (exact) mass is 325 g/mol. The highest BCUT2D eigenvalue weighted by atomic mass is 16.5. The van der Waals surface area contributed by atoms with Crippen LogP contribution in [0.15, 0.2) is 42.5 Å². The molecule has 1 N–H and O–H groups in total. The summed E-state index contributed by atoms with van der Waals surface area (Å²) >= 11 is 0. The van der Waals surface area contributed by atoms with Crippen molar-refractivity contribution in [2.24, 2.45) is 0 Å². The van der Waals surface area contributed by atoms with Gasteiger partial charge in [0.15, 0.2) is 0 Å². The third-order valence-electron chi connectivity index (χ3n) is 4.84. The lowest BCUT2D eigenvalue weighted by Gasteiger charge is -2.17. The van der Waals surface area contributed by atoms with Crippen molar-refractivity contribution in [3.63, 3.8) is 0 Å². The number of rotatable bonds is 6. The first kappa shape index (κ1) is 17.0. The van der Waals surface area contributed by atoms with Crippen LogP contribution in [0.3, 0.4) is 0 Å². The molecule has 1 unspecified atom stereocenters. The highest BCUT2D eigenvalue weighted by Crippen LogP contribution is 2.31. The van der Waals surface area contributed by atoms with Gasteiger partial charge in [0.1, 0.15) is 5.75 Å². The molecule has 1 saturated heterocycles. The summed E-state index contributed by atoms with van der Waals surface area (Å²) in [6.07, 6.45) is 1.75. The number of likely N-dealkylation sites (tertiary alicyclic amines) is 1. The Kier molecular flexibility index (Phi) is 5.54. The molecule has 3 heteroatoms. The first-order valence-corrected chi connectivity index (χ1v) is 8.84. The minimum absolute atomic E-state index is 0.140. The van der Waals surface area contributed by atoms with Crippen molar-refractivity contribution in [1.82, 2.24) is 4.90 Å². The van der Waals surface area contributed by atoms with Crippen LogP contribution >= 0.6 is 0 Å². The topological polar surface area (TPSA) is 32.7 Å². The first-order valence-electron chi connectivity index (χ1n) is 8.84. The second kappa shape index (κ2) is 7.82. The van der Waals surface area contributed by atoms with Crippen LogP contribution in [0.5, 0.6) is 5.75 Å². The van der Waals surface area contributed by atoms with E-state index in [2.05, 4.69) is 61.2 Å². The number of ether oxygens (including phenoxy) is 1. The molecule has 0 aromatic heterocycles. The summed E-state index contributed by atoms with van der Waals surface area (Å²) in [5.41, 5.74) is 4.99. The molecule has 1 atom stereocenters. The molecule has 2 aromatic rings. The number of hydrogen-bond donors (Lipinski definition) is 1. The molecule has 3 nitrogen and oxygen atoms in total. The zero-order valence-corrected chi connectivity index (χ0v) is 14.7. The fraction of sp³-hybridized carbons (Fsp3) is 0.429. The van der Waals surface area contributed by atoms with E-state index in [9.17, 15) is 5.11 Å². The molecule has 1 aliphatic rings. The van der Waals surface area contributed by atoms with Crippen molar-refractivity contribution >= 4 is 0 Å². The Hall–Kier alpha value is -1.84. The van der Waals surface area contributed by atoms with Crippen molar-refractivity contribution in [1.29, 1.82) is 0 Å². The Bertz CT molecular complexity index is 683. The quantitative estimate of drug-likeness (QED) is 0.820. The van der Waals surface area contributed by atoms with Gasteiger partial charge in [-0.15, -0.1) is 0 Å². The molecule has 3 rings (SSSR count). The molecule has 0 saturated carbocycles. The molecule has 0 amide bonds. The Morgan fingerprint density at radius 1 is 1.08 bits per heavy atom. The minimum atomic E-state index is -0.140. The van der Waals surface area contributed by atoms with E-state index in [4.69, 9.17) is 4.74 Å². The molecular weight excluding hydrogens is 298 g/mol. The van der Waals surface area contributed by atoms with Gasteiger partial charge in [0.2, 0.25) is 0 Å². The lowest BCUT2D eigenvalue weighted by molar-refractivity contribution is 0.173. The van der Waals surface area contributed by atoms with E-state index < -0.39 is 0 Å². The van der Waals surface area contributed by atoms with Crippen LogP contribution in [-0.2, 0) is 0 Å². The van der Waals surface area contributed by atoms with Crippen LogP contribution in [0.25, 0.3) is 11.1 Å². The van der Waals surface area contributed by atoms with Gasteiger partial charge >= 0.3 is 0 Å². The Labute approximate surface area is 144 Å². The molecule has 1 heterocycles. The number of benzene rings is 2. The molecule has 2 aromatic carbocycles. The van der Waals surface area contributed by atoms with Gasteiger partial charge in [-0.2, -0.15) is 0 Å². The number of aliphatic hydroxyl groups is 1. The Morgan fingerprint density at radius 3 is 2.62 bits per heavy atom. The van der Waals surface area contributed by atoms with Gasteiger partial charge < -0.3 is 14.7 Å². The van der Waals surface area contributed by atoms with Crippen LogP contribution < -0.4 is 4.74 Å². The highest BCUT2D eigenvalue weighted by molar-refractivity contribution is 5.72. The molecule has 0 aliphatic carbocycles. The van der Waals surface area contributed by atoms with Gasteiger partial charge in [0, 0.05) is 19.6 Å². The zero-order chi connectivity index (χ0) is 16.9. The molecular formula is C21H27NO2. The fourth-order valence-electron chi connectivity index (χ4n) is 3.42. The largest absolute Gasteiger partial charge is 0.493 e. The standard InChI is InChI=1S/C21H27NO2/c1-16-7-3-4-8-19(16)20-9-5-10-21(17(20)2)24-14-6-12-22-13-11-18(23)15-22/h3-5,7-10,18,23H,6,11-15H2,1-2H3. The molecule has 128 valence electrons. The molecule has 0 spiro atoms. The van der Waals surface area contributed by atoms with Crippen molar-refractivity contribution < 1.29 is 9.84 Å². The number of aryl methyl sites for hydroxylation is 1. The van der Waals surface area contributed by atoms with Gasteiger partial charge in [-0.25, -0.2) is 0 Å². The maximum Gasteiger partial charge on any atom is 0.122 e. The van der Waals surface area contributed by atoms with E-state index in [-0.39, 0.29) is 6.10 Å². The van der Waals surface area contributed by atoms with Gasteiger partial charge in [-0.3, -0.25) is 0 Å². The van der Waals surface area contributed by atoms with Crippen molar-refractivity contribution in [3.8, 4) is 16.9 Å². The van der Waals surface area contributed by atoms with E-state index in [0.29, 0.717) is 6.61 Å². The van der Waals surface area contributed by atoms with Gasteiger partial charge in [-0.1, -0.05) is 36.4 Å². The number of nitrogens with zero attached hydrogens (tertiary/aromatic N) is 1. The fourth-order valence-corrected chi connectivity index (χ4v) is 3.42. The highest BCUT2D eigenvalue weighted by Gasteiger charge is 2.19. The van der Waals surface area contributed by atoms with Crippen LogP contribution in [0, 0.1) is 13.8 Å². The summed E-state index contributed by atoms with van der Waals surface area (Å²) in [5, 5.41) is 9.56. The summed E-state index contributed by atoms with van der Waals surface area (Å²) in [6.45, 7) is 7.80. The molecule has 0 bridgehead atoms. The predicted molar refractivity (Wildman–Crippen MR) is 98.5 cm³/mol. The van der Waals surface area contributed by atoms with Crippen LogP contribution in [0.1, 0.15) is 24.0 Å². The van der Waals surface area contributed by atoms with E-state index >= 15 is 0 Å². The smallest absolute Gasteiger partial charge is 0.122 e. The predicted octanol–water partition coefficient (Wildman–Crippen LogP) is 3.81. The van der Waals surface area contributed by atoms with Gasteiger partial charge in [-0.05, 0) is 55.0 Å². The van der Waals surface area contributed by atoms with E-state index in [1.165, 1.54) is 22.3 Å². The maximum atomic E-state index is 9.56. The van der Waals surface area contributed by atoms with Crippen molar-refractivity contribution in [2.75, 3.05) is 26.2 Å². The van der Waals surface area contributed by atoms with Crippen molar-refractivity contribution in [3.05, 3.63) is 53.6 Å². The second-order valence-corrected chi connectivity index (χ2v) is 6.69. The number of β-amino-alcohol motifs (C(OH)–C–C–N with tert-alkyl or cyclic N) is 1. The summed E-state index contributed by atoms with van der Waals surface area (Å²) in [7, 11) is 0. The molecule has 24 heavy (non-hydrogen) atoms. The summed E-state index contributed by atoms with van der Waals surface area (Å²) in [4.78, 5) is 2.31. The molecule has 1 aliphatic heterocycles. The maximum absolute atomic E-state index is 9.56. The van der Waals surface area contributed by atoms with Gasteiger partial charge in [0.25, 0.3) is 0 Å². The minimum Gasteiger partial charge on any atom is -0.493 e. The van der Waals surface area contributed by atoms with Gasteiger partial charge in [0.05, 0.1) is 12.7 Å². The number of hydrogen-bond acceptors (Lipinski definition) is 3. The van der Waals surface area contributed by atoms with Crippen molar-refractivity contribution in [2.45, 2.75) is 32.8 Å². The van der Waals surface area contributed by atoms with Crippen LogP contribution in [0.4, 0.5) is 0 Å². The Morgan fingerprint density at radius 2 is 1.88 bits per heavy atom. The van der Waals surface area contributed by atoms with Crippen LogP contribution in [0.2, 0.25) is 0 Å². The molecule has 0 radical (unpaired) electrons. The van der Waals surface area contributed by atoms with E-state index in [1.807, 2.05) is 0 Å². The third kappa shape index (κ3) is 3.97. The lowest BCUT2D eigenvalue weighted by Crippen LogP contribution is -2.24. The second-order valence-electron chi connectivity index (χ2n) is 6.69. The summed E-state index contributed by atoms with van der Waals surface area (Å²) in [5.74, 6) is 0.970. The SMILES string of the molecule is Cc1ccccc1-c1cccc(OCCCN2CCC(O)C2)c1C. The average Bonchev–Trinajstić information content (AvgIpc) is 2.99. The third-order valence-corrected chi connectivity index (χ3v) is 4.84.